The lowest BCUT2D eigenvalue weighted by atomic mass is 10.2. The lowest BCUT2D eigenvalue weighted by molar-refractivity contribution is -0.206. The molecule has 1 aromatic heterocycles. The largest absolute Gasteiger partial charge is 0.418 e. The highest BCUT2D eigenvalue weighted by Crippen LogP contribution is 2.32. The fourth-order valence-corrected chi connectivity index (χ4v) is 2.62. The normalized spacial score (nSPS) is 13.4. The number of aromatic nitrogens is 1. The van der Waals surface area contributed by atoms with Crippen LogP contribution in [0.25, 0.3) is 0 Å². The van der Waals surface area contributed by atoms with Crippen LogP contribution in [0.4, 0.5) is 13.2 Å². The molecule has 0 saturated heterocycles. The molecule has 1 N–H and O–H groups in total. The molecule has 0 aliphatic heterocycles. The maximum atomic E-state index is 12.4. The van der Waals surface area contributed by atoms with Crippen molar-refractivity contribution in [1.82, 2.24) is 4.57 Å². The summed E-state index contributed by atoms with van der Waals surface area (Å²) in [5, 5.41) is 9.13. The van der Waals surface area contributed by atoms with Crippen molar-refractivity contribution in [3.8, 4) is 0 Å². The van der Waals surface area contributed by atoms with Crippen LogP contribution in [0.2, 0.25) is 0 Å². The summed E-state index contributed by atoms with van der Waals surface area (Å²) in [7, 11) is 0. The Morgan fingerprint density at radius 1 is 1.15 bits per heavy atom. The molecule has 0 spiro atoms. The first-order valence-electron chi connectivity index (χ1n) is 6.05. The standard InChI is InChI=1S/C14H14F3NOS/c15-14(16,17)13(19)11-6-7-18(10-11)8-9-20-12-4-2-1-3-5-12/h1-7,10,13,19H,8-9H2. The molecule has 0 fully saturated rings. The lowest BCUT2D eigenvalue weighted by Crippen LogP contribution is -2.19. The van der Waals surface area contributed by atoms with Gasteiger partial charge in [-0.3, -0.25) is 0 Å². The molecule has 0 aliphatic rings. The second kappa shape index (κ2) is 6.37. The van der Waals surface area contributed by atoms with Crippen LogP contribution in [0.5, 0.6) is 0 Å². The SMILES string of the molecule is OC(c1ccn(CCSc2ccccc2)c1)C(F)(F)F. The van der Waals surface area contributed by atoms with Crippen LogP contribution in [0.3, 0.4) is 0 Å². The van der Waals surface area contributed by atoms with Gasteiger partial charge in [-0.2, -0.15) is 13.2 Å². The maximum absolute atomic E-state index is 12.4. The minimum Gasteiger partial charge on any atom is -0.379 e. The zero-order valence-corrected chi connectivity index (χ0v) is 11.4. The van der Waals surface area contributed by atoms with Gasteiger partial charge < -0.3 is 9.67 Å². The van der Waals surface area contributed by atoms with Crippen molar-refractivity contribution >= 4 is 11.8 Å². The van der Waals surface area contributed by atoms with Crippen LogP contribution in [-0.4, -0.2) is 21.6 Å². The number of hydrogen-bond acceptors (Lipinski definition) is 2. The van der Waals surface area contributed by atoms with E-state index in [2.05, 4.69) is 0 Å². The van der Waals surface area contributed by atoms with Gasteiger partial charge in [-0.25, -0.2) is 0 Å². The minimum absolute atomic E-state index is 0.123. The van der Waals surface area contributed by atoms with Gasteiger partial charge in [-0.1, -0.05) is 18.2 Å². The average Bonchev–Trinajstić information content (AvgIpc) is 2.87. The van der Waals surface area contributed by atoms with E-state index in [0.29, 0.717) is 6.54 Å². The summed E-state index contributed by atoms with van der Waals surface area (Å²) in [6.07, 6.45) is -4.14. The molecule has 2 aromatic rings. The van der Waals surface area contributed by atoms with E-state index in [-0.39, 0.29) is 5.56 Å². The van der Waals surface area contributed by atoms with Gasteiger partial charge in [0.25, 0.3) is 0 Å². The van der Waals surface area contributed by atoms with E-state index in [1.165, 1.54) is 12.3 Å². The molecular formula is C14H14F3NOS. The molecule has 1 unspecified atom stereocenters. The summed E-state index contributed by atoms with van der Waals surface area (Å²) >= 11 is 1.63. The summed E-state index contributed by atoms with van der Waals surface area (Å²) in [4.78, 5) is 1.12. The molecule has 2 nitrogen and oxygen atoms in total. The molecule has 2 rings (SSSR count). The Morgan fingerprint density at radius 2 is 1.85 bits per heavy atom. The van der Waals surface area contributed by atoms with Gasteiger partial charge in [0, 0.05) is 35.2 Å². The predicted molar refractivity (Wildman–Crippen MR) is 72.6 cm³/mol. The summed E-state index contributed by atoms with van der Waals surface area (Å²) in [5.74, 6) is 0.750. The van der Waals surface area contributed by atoms with Crippen LogP contribution in [0, 0.1) is 0 Å². The van der Waals surface area contributed by atoms with Crippen LogP contribution in [0.1, 0.15) is 11.7 Å². The Morgan fingerprint density at radius 3 is 2.50 bits per heavy atom. The number of aliphatic hydroxyl groups excluding tert-OH is 1. The molecule has 108 valence electrons. The smallest absolute Gasteiger partial charge is 0.379 e. The van der Waals surface area contributed by atoms with Gasteiger partial charge in [0.2, 0.25) is 0 Å². The van der Waals surface area contributed by atoms with Crippen molar-refractivity contribution in [3.05, 3.63) is 54.4 Å². The minimum atomic E-state index is -4.62. The molecule has 0 aliphatic carbocycles. The zero-order valence-electron chi connectivity index (χ0n) is 10.5. The molecule has 0 radical (unpaired) electrons. The molecule has 1 aromatic carbocycles. The van der Waals surface area contributed by atoms with Crippen LogP contribution in [-0.2, 0) is 6.54 Å². The van der Waals surface area contributed by atoms with Crippen molar-refractivity contribution in [3.63, 3.8) is 0 Å². The Hall–Kier alpha value is -1.40. The van der Waals surface area contributed by atoms with E-state index < -0.39 is 12.3 Å². The topological polar surface area (TPSA) is 25.2 Å². The summed E-state index contributed by atoms with van der Waals surface area (Å²) < 4.78 is 38.7. The molecule has 0 saturated carbocycles. The van der Waals surface area contributed by atoms with Crippen molar-refractivity contribution in [2.45, 2.75) is 23.7 Å². The first-order valence-corrected chi connectivity index (χ1v) is 7.03. The van der Waals surface area contributed by atoms with E-state index in [1.807, 2.05) is 30.3 Å². The van der Waals surface area contributed by atoms with Crippen LogP contribution < -0.4 is 0 Å². The van der Waals surface area contributed by atoms with Gasteiger partial charge in [-0.15, -0.1) is 11.8 Å². The Bertz CT molecular complexity index is 539. The van der Waals surface area contributed by atoms with Crippen molar-refractivity contribution in [2.75, 3.05) is 5.75 Å². The van der Waals surface area contributed by atoms with Crippen LogP contribution >= 0.6 is 11.8 Å². The quantitative estimate of drug-likeness (QED) is 0.848. The Balaban J connectivity index is 1.87. The highest BCUT2D eigenvalue weighted by Gasteiger charge is 2.39. The Kier molecular flexibility index (Phi) is 4.77. The molecule has 1 atom stereocenters. The third-order valence-electron chi connectivity index (χ3n) is 2.76. The number of nitrogens with zero attached hydrogens (tertiary/aromatic N) is 1. The highest BCUT2D eigenvalue weighted by molar-refractivity contribution is 7.99. The second-order valence-corrected chi connectivity index (χ2v) is 5.46. The van der Waals surface area contributed by atoms with Gasteiger partial charge >= 0.3 is 6.18 Å². The van der Waals surface area contributed by atoms with Crippen molar-refractivity contribution < 1.29 is 18.3 Å². The first-order chi connectivity index (χ1) is 9.47. The monoisotopic (exact) mass is 301 g/mol. The average molecular weight is 301 g/mol. The number of hydrogen-bond donors (Lipinski definition) is 1. The van der Waals surface area contributed by atoms with Crippen molar-refractivity contribution in [2.24, 2.45) is 0 Å². The van der Waals surface area contributed by atoms with Gasteiger partial charge in [0.05, 0.1) is 0 Å². The fourth-order valence-electron chi connectivity index (χ4n) is 1.73. The maximum Gasteiger partial charge on any atom is 0.418 e. The summed E-state index contributed by atoms with van der Waals surface area (Å²) in [6, 6.07) is 11.1. The lowest BCUT2D eigenvalue weighted by Gasteiger charge is -2.12. The number of benzene rings is 1. The second-order valence-electron chi connectivity index (χ2n) is 4.29. The molecule has 0 amide bonds. The number of alkyl halides is 3. The van der Waals surface area contributed by atoms with E-state index in [0.717, 1.165) is 10.6 Å². The molecule has 20 heavy (non-hydrogen) atoms. The number of thioether (sulfide) groups is 1. The van der Waals surface area contributed by atoms with Crippen molar-refractivity contribution in [1.29, 1.82) is 0 Å². The number of halogens is 3. The third-order valence-corrected chi connectivity index (χ3v) is 3.75. The van der Waals surface area contributed by atoms with Gasteiger partial charge in [-0.05, 0) is 18.2 Å². The van der Waals surface area contributed by atoms with Gasteiger partial charge in [0.1, 0.15) is 0 Å². The van der Waals surface area contributed by atoms with E-state index in [4.69, 9.17) is 5.11 Å². The molecule has 6 heteroatoms. The number of aliphatic hydroxyl groups is 1. The predicted octanol–water partition coefficient (Wildman–Crippen LogP) is 3.88. The van der Waals surface area contributed by atoms with Crippen LogP contribution in [0.15, 0.2) is 53.7 Å². The summed E-state index contributed by atoms with van der Waals surface area (Å²) in [6.45, 7) is 0.587. The Labute approximate surface area is 119 Å². The molecule has 0 bridgehead atoms. The van der Waals surface area contributed by atoms with Gasteiger partial charge in [0.15, 0.2) is 6.10 Å². The highest BCUT2D eigenvalue weighted by atomic mass is 32.2. The zero-order chi connectivity index (χ0) is 14.6. The fraction of sp³-hybridized carbons (Fsp3) is 0.286. The number of aryl methyl sites for hydroxylation is 1. The third kappa shape index (κ3) is 4.05. The first kappa shape index (κ1) is 15.0. The number of rotatable bonds is 5. The van der Waals surface area contributed by atoms with E-state index in [1.54, 1.807) is 22.5 Å². The van der Waals surface area contributed by atoms with E-state index >= 15 is 0 Å². The molecule has 1 heterocycles. The van der Waals surface area contributed by atoms with E-state index in [9.17, 15) is 13.2 Å². The summed E-state index contributed by atoms with van der Waals surface area (Å²) in [5.41, 5.74) is -0.123. The molecular weight excluding hydrogens is 287 g/mol.